The number of carboxylic acids is 1. The highest BCUT2D eigenvalue weighted by Crippen LogP contribution is 2.33. The number of benzene rings is 1. The Kier molecular flexibility index (Phi) is 5.52. The predicted octanol–water partition coefficient (Wildman–Crippen LogP) is 3.80. The van der Waals surface area contributed by atoms with Crippen molar-refractivity contribution in [2.45, 2.75) is 58.8 Å². The maximum atomic E-state index is 12.3. The Bertz CT molecular complexity index is 660. The predicted molar refractivity (Wildman–Crippen MR) is 94.3 cm³/mol. The molecule has 0 spiro atoms. The van der Waals surface area contributed by atoms with Crippen molar-refractivity contribution >= 4 is 23.7 Å². The molecule has 25 heavy (non-hydrogen) atoms. The SMILES string of the molecule is Cc1cc(C)c(O[C@H]2C[C@@H](C(=O)O)N(C(=O)OC(C)(C)C)C2)c(Cl)c1. The van der Waals surface area contributed by atoms with Crippen LogP contribution in [0.4, 0.5) is 4.79 Å². The summed E-state index contributed by atoms with van der Waals surface area (Å²) in [4.78, 5) is 25.0. The minimum atomic E-state index is -1.08. The minimum absolute atomic E-state index is 0.134. The number of hydrogen-bond donors (Lipinski definition) is 1. The van der Waals surface area contributed by atoms with Gasteiger partial charge in [-0.3, -0.25) is 4.90 Å². The van der Waals surface area contributed by atoms with Crippen molar-refractivity contribution in [1.82, 2.24) is 4.90 Å². The number of halogens is 1. The number of hydrogen-bond acceptors (Lipinski definition) is 4. The Hall–Kier alpha value is -1.95. The van der Waals surface area contributed by atoms with Gasteiger partial charge in [0.25, 0.3) is 0 Å². The van der Waals surface area contributed by atoms with Crippen LogP contribution >= 0.6 is 11.6 Å². The van der Waals surface area contributed by atoms with Crippen LogP contribution in [0.15, 0.2) is 12.1 Å². The van der Waals surface area contributed by atoms with E-state index >= 15 is 0 Å². The molecule has 0 radical (unpaired) electrons. The molecule has 1 N–H and O–H groups in total. The molecule has 2 rings (SSSR count). The van der Waals surface area contributed by atoms with E-state index in [2.05, 4.69) is 0 Å². The summed E-state index contributed by atoms with van der Waals surface area (Å²) in [6.45, 7) is 9.16. The molecule has 0 aromatic heterocycles. The summed E-state index contributed by atoms with van der Waals surface area (Å²) in [6, 6.07) is 2.75. The van der Waals surface area contributed by atoms with Crippen molar-refractivity contribution in [2.24, 2.45) is 0 Å². The van der Waals surface area contributed by atoms with Gasteiger partial charge in [0.15, 0.2) is 0 Å². The van der Waals surface area contributed by atoms with Gasteiger partial charge < -0.3 is 14.6 Å². The molecular formula is C18H24ClNO5. The third-order valence-corrected chi connectivity index (χ3v) is 4.11. The fraction of sp³-hybridized carbons (Fsp3) is 0.556. The number of likely N-dealkylation sites (tertiary alicyclic amines) is 1. The summed E-state index contributed by atoms with van der Waals surface area (Å²) in [5.41, 5.74) is 1.18. The summed E-state index contributed by atoms with van der Waals surface area (Å²) in [5, 5.41) is 9.90. The first-order valence-corrected chi connectivity index (χ1v) is 8.51. The van der Waals surface area contributed by atoms with Gasteiger partial charge in [-0.1, -0.05) is 17.7 Å². The molecule has 1 aromatic carbocycles. The van der Waals surface area contributed by atoms with Crippen LogP contribution in [0.1, 0.15) is 38.3 Å². The van der Waals surface area contributed by atoms with Gasteiger partial charge in [0.2, 0.25) is 0 Å². The Morgan fingerprint density at radius 3 is 2.44 bits per heavy atom. The van der Waals surface area contributed by atoms with Gasteiger partial charge in [0.1, 0.15) is 23.5 Å². The van der Waals surface area contributed by atoms with Crippen LogP contribution in [0.2, 0.25) is 5.02 Å². The first kappa shape index (κ1) is 19.4. The number of rotatable bonds is 3. The van der Waals surface area contributed by atoms with Gasteiger partial charge in [-0.15, -0.1) is 0 Å². The van der Waals surface area contributed by atoms with Crippen molar-refractivity contribution in [3.8, 4) is 5.75 Å². The Balaban J connectivity index is 2.17. The second-order valence-corrected chi connectivity index (χ2v) is 7.76. The van der Waals surface area contributed by atoms with Gasteiger partial charge in [-0.25, -0.2) is 9.59 Å². The number of ether oxygens (including phenoxy) is 2. The van der Waals surface area contributed by atoms with Gasteiger partial charge in [-0.2, -0.15) is 0 Å². The fourth-order valence-corrected chi connectivity index (χ4v) is 3.22. The lowest BCUT2D eigenvalue weighted by Crippen LogP contribution is -2.43. The molecule has 7 heteroatoms. The van der Waals surface area contributed by atoms with E-state index in [4.69, 9.17) is 21.1 Å². The van der Waals surface area contributed by atoms with E-state index < -0.39 is 29.8 Å². The lowest BCUT2D eigenvalue weighted by atomic mass is 10.1. The van der Waals surface area contributed by atoms with Gasteiger partial charge >= 0.3 is 12.1 Å². The van der Waals surface area contributed by atoms with Crippen LogP contribution in [0.25, 0.3) is 0 Å². The molecule has 1 fully saturated rings. The molecular weight excluding hydrogens is 346 g/mol. The molecule has 1 aromatic rings. The van der Waals surface area contributed by atoms with Crippen molar-refractivity contribution in [3.63, 3.8) is 0 Å². The largest absolute Gasteiger partial charge is 0.487 e. The van der Waals surface area contributed by atoms with E-state index in [-0.39, 0.29) is 13.0 Å². The highest BCUT2D eigenvalue weighted by molar-refractivity contribution is 6.32. The molecule has 2 atom stereocenters. The van der Waals surface area contributed by atoms with E-state index in [1.165, 1.54) is 4.90 Å². The minimum Gasteiger partial charge on any atom is -0.487 e. The first-order valence-electron chi connectivity index (χ1n) is 8.14. The van der Waals surface area contributed by atoms with Crippen LogP contribution in [-0.4, -0.2) is 46.4 Å². The quantitative estimate of drug-likeness (QED) is 0.877. The number of carbonyl (C=O) groups is 2. The normalized spacial score (nSPS) is 20.5. The smallest absolute Gasteiger partial charge is 0.411 e. The number of aryl methyl sites for hydroxylation is 2. The van der Waals surface area contributed by atoms with Crippen LogP contribution in [0.3, 0.4) is 0 Å². The molecule has 0 saturated carbocycles. The zero-order valence-electron chi connectivity index (χ0n) is 15.1. The lowest BCUT2D eigenvalue weighted by Gasteiger charge is -2.26. The maximum Gasteiger partial charge on any atom is 0.411 e. The molecule has 0 unspecified atom stereocenters. The van der Waals surface area contributed by atoms with E-state index in [1.807, 2.05) is 19.9 Å². The number of carbonyl (C=O) groups excluding carboxylic acids is 1. The zero-order valence-corrected chi connectivity index (χ0v) is 15.9. The van der Waals surface area contributed by atoms with E-state index in [1.54, 1.807) is 26.8 Å². The molecule has 138 valence electrons. The number of amides is 1. The molecule has 1 saturated heterocycles. The van der Waals surface area contributed by atoms with Gasteiger partial charge in [0, 0.05) is 6.42 Å². The number of carboxylic acid groups (broad SMARTS) is 1. The number of nitrogens with zero attached hydrogens (tertiary/aromatic N) is 1. The standard InChI is InChI=1S/C18H24ClNO5/c1-10-6-11(2)15(13(19)7-10)24-12-8-14(16(21)22)20(9-12)17(23)25-18(3,4)5/h6-7,12,14H,8-9H2,1-5H3,(H,21,22)/t12-,14-/m0/s1. The molecule has 0 bridgehead atoms. The monoisotopic (exact) mass is 369 g/mol. The fourth-order valence-electron chi connectivity index (χ4n) is 2.86. The molecule has 1 aliphatic heterocycles. The first-order chi connectivity index (χ1) is 11.5. The summed E-state index contributed by atoms with van der Waals surface area (Å²) < 4.78 is 11.2. The summed E-state index contributed by atoms with van der Waals surface area (Å²) in [6.07, 6.45) is -0.941. The second kappa shape index (κ2) is 7.12. The molecule has 1 amide bonds. The van der Waals surface area contributed by atoms with E-state index in [0.717, 1.165) is 11.1 Å². The Morgan fingerprint density at radius 1 is 1.28 bits per heavy atom. The average Bonchev–Trinajstić information content (AvgIpc) is 2.85. The highest BCUT2D eigenvalue weighted by atomic mass is 35.5. The summed E-state index contributed by atoms with van der Waals surface area (Å²) in [5.74, 6) is -0.559. The topological polar surface area (TPSA) is 76.1 Å². The summed E-state index contributed by atoms with van der Waals surface area (Å²) >= 11 is 6.25. The third kappa shape index (κ3) is 4.78. The average molecular weight is 370 g/mol. The van der Waals surface area contributed by atoms with Crippen LogP contribution in [0.5, 0.6) is 5.75 Å². The van der Waals surface area contributed by atoms with Crippen molar-refractivity contribution < 1.29 is 24.2 Å². The van der Waals surface area contributed by atoms with Crippen LogP contribution in [-0.2, 0) is 9.53 Å². The van der Waals surface area contributed by atoms with Crippen molar-refractivity contribution in [3.05, 3.63) is 28.3 Å². The second-order valence-electron chi connectivity index (χ2n) is 7.36. The lowest BCUT2D eigenvalue weighted by molar-refractivity contribution is -0.142. The number of aliphatic carboxylic acids is 1. The van der Waals surface area contributed by atoms with E-state index in [9.17, 15) is 14.7 Å². The zero-order chi connectivity index (χ0) is 18.9. The highest BCUT2D eigenvalue weighted by Gasteiger charge is 2.42. The van der Waals surface area contributed by atoms with Crippen molar-refractivity contribution in [1.29, 1.82) is 0 Å². The molecule has 6 nitrogen and oxygen atoms in total. The molecule has 1 heterocycles. The van der Waals surface area contributed by atoms with Gasteiger partial charge in [-0.05, 0) is 51.8 Å². The third-order valence-electron chi connectivity index (χ3n) is 3.83. The van der Waals surface area contributed by atoms with Crippen LogP contribution < -0.4 is 4.74 Å². The van der Waals surface area contributed by atoms with Gasteiger partial charge in [0.05, 0.1) is 11.6 Å². The van der Waals surface area contributed by atoms with Crippen LogP contribution in [0, 0.1) is 13.8 Å². The maximum absolute atomic E-state index is 12.3. The van der Waals surface area contributed by atoms with Crippen molar-refractivity contribution in [2.75, 3.05) is 6.54 Å². The Labute approximate surface area is 152 Å². The molecule has 0 aliphatic carbocycles. The Morgan fingerprint density at radius 2 is 1.92 bits per heavy atom. The van der Waals surface area contributed by atoms with E-state index in [0.29, 0.717) is 10.8 Å². The molecule has 1 aliphatic rings. The summed E-state index contributed by atoms with van der Waals surface area (Å²) in [7, 11) is 0.